The van der Waals surface area contributed by atoms with Crippen molar-refractivity contribution in [1.82, 2.24) is 14.2 Å². The van der Waals surface area contributed by atoms with E-state index in [0.717, 1.165) is 21.8 Å². The third-order valence-electron chi connectivity index (χ3n) is 6.75. The highest BCUT2D eigenvalue weighted by molar-refractivity contribution is 7.89. The van der Waals surface area contributed by atoms with Gasteiger partial charge in [-0.15, -0.1) is 0 Å². The molecular formula is C25H29FN4O3S2. The SMILES string of the molecule is CC1CC(C)CN(S(=O)(=O)c2ccc(C(=O)N3CCN(c4nc5ccc(F)cc5s4)CC3)cc2)C1. The van der Waals surface area contributed by atoms with Crippen molar-refractivity contribution in [3.05, 3.63) is 53.8 Å². The number of sulfonamides is 1. The monoisotopic (exact) mass is 516 g/mol. The fourth-order valence-electron chi connectivity index (χ4n) is 5.03. The van der Waals surface area contributed by atoms with Gasteiger partial charge in [0.1, 0.15) is 5.82 Å². The fourth-order valence-corrected chi connectivity index (χ4v) is 7.75. The van der Waals surface area contributed by atoms with Crippen LogP contribution in [0.4, 0.5) is 9.52 Å². The van der Waals surface area contributed by atoms with Gasteiger partial charge in [0.15, 0.2) is 5.13 Å². The molecule has 2 aliphatic heterocycles. The van der Waals surface area contributed by atoms with Crippen LogP contribution in [0.15, 0.2) is 47.4 Å². The minimum atomic E-state index is -3.57. The van der Waals surface area contributed by atoms with Crippen LogP contribution < -0.4 is 4.90 Å². The molecule has 7 nitrogen and oxygen atoms in total. The van der Waals surface area contributed by atoms with Crippen molar-refractivity contribution in [2.75, 3.05) is 44.2 Å². The van der Waals surface area contributed by atoms with Crippen LogP contribution in [0.25, 0.3) is 10.2 Å². The summed E-state index contributed by atoms with van der Waals surface area (Å²) in [5, 5.41) is 0.827. The molecule has 0 saturated carbocycles. The lowest BCUT2D eigenvalue weighted by molar-refractivity contribution is 0.0746. The molecular weight excluding hydrogens is 487 g/mol. The van der Waals surface area contributed by atoms with E-state index in [9.17, 15) is 17.6 Å². The highest BCUT2D eigenvalue weighted by atomic mass is 32.2. The summed E-state index contributed by atoms with van der Waals surface area (Å²) < 4.78 is 42.1. The lowest BCUT2D eigenvalue weighted by atomic mass is 9.94. The van der Waals surface area contributed by atoms with Crippen molar-refractivity contribution in [2.24, 2.45) is 11.8 Å². The number of anilines is 1. The van der Waals surface area contributed by atoms with Crippen molar-refractivity contribution >= 4 is 42.6 Å². The zero-order valence-corrected chi connectivity index (χ0v) is 21.5. The average Bonchev–Trinajstić information content (AvgIpc) is 3.26. The van der Waals surface area contributed by atoms with Crippen molar-refractivity contribution in [3.8, 4) is 0 Å². The van der Waals surface area contributed by atoms with E-state index in [0.29, 0.717) is 56.7 Å². The predicted molar refractivity (Wildman–Crippen MR) is 136 cm³/mol. The molecule has 2 fully saturated rings. The summed E-state index contributed by atoms with van der Waals surface area (Å²) in [5.41, 5.74) is 1.25. The Balaban J connectivity index is 1.23. The van der Waals surface area contributed by atoms with Gasteiger partial charge in [-0.25, -0.2) is 17.8 Å². The lowest BCUT2D eigenvalue weighted by Crippen LogP contribution is -2.48. The molecule has 2 atom stereocenters. The number of piperidine rings is 1. The Bertz CT molecular complexity index is 1320. The highest BCUT2D eigenvalue weighted by Crippen LogP contribution is 2.30. The summed E-state index contributed by atoms with van der Waals surface area (Å²) >= 11 is 1.45. The molecule has 2 unspecified atom stereocenters. The van der Waals surface area contributed by atoms with Gasteiger partial charge in [-0.2, -0.15) is 4.31 Å². The maximum atomic E-state index is 13.5. The summed E-state index contributed by atoms with van der Waals surface area (Å²) in [6, 6.07) is 10.9. The van der Waals surface area contributed by atoms with Gasteiger partial charge in [-0.3, -0.25) is 4.79 Å². The lowest BCUT2D eigenvalue weighted by Gasteiger charge is -2.35. The van der Waals surface area contributed by atoms with Gasteiger partial charge >= 0.3 is 0 Å². The second-order valence-electron chi connectivity index (χ2n) is 9.68. The van der Waals surface area contributed by atoms with E-state index in [-0.39, 0.29) is 16.6 Å². The number of hydrogen-bond donors (Lipinski definition) is 0. The first-order valence-electron chi connectivity index (χ1n) is 11.9. The van der Waals surface area contributed by atoms with E-state index in [1.807, 2.05) is 0 Å². The number of aromatic nitrogens is 1. The number of carbonyl (C=O) groups is 1. The van der Waals surface area contributed by atoms with Crippen LogP contribution in [0.2, 0.25) is 0 Å². The maximum Gasteiger partial charge on any atom is 0.253 e. The molecule has 5 rings (SSSR count). The maximum absolute atomic E-state index is 13.5. The van der Waals surface area contributed by atoms with Crippen molar-refractivity contribution in [1.29, 1.82) is 0 Å². The quantitative estimate of drug-likeness (QED) is 0.523. The van der Waals surface area contributed by atoms with Crippen LogP contribution in [-0.4, -0.2) is 67.8 Å². The molecule has 0 N–H and O–H groups in total. The Morgan fingerprint density at radius 2 is 1.66 bits per heavy atom. The first kappa shape index (κ1) is 24.1. The topological polar surface area (TPSA) is 73.8 Å². The van der Waals surface area contributed by atoms with Gasteiger partial charge in [0.05, 0.1) is 15.1 Å². The number of thiazole rings is 1. The summed E-state index contributed by atoms with van der Waals surface area (Å²) in [6.45, 7) is 7.55. The van der Waals surface area contributed by atoms with Crippen LogP contribution >= 0.6 is 11.3 Å². The molecule has 35 heavy (non-hydrogen) atoms. The zero-order chi connectivity index (χ0) is 24.7. The number of nitrogens with zero attached hydrogens (tertiary/aromatic N) is 4. The Kier molecular flexibility index (Phi) is 6.54. The minimum Gasteiger partial charge on any atom is -0.345 e. The summed E-state index contributed by atoms with van der Waals surface area (Å²) in [6.07, 6.45) is 1.03. The third-order valence-corrected chi connectivity index (χ3v) is 9.68. The van der Waals surface area contributed by atoms with Crippen LogP contribution in [0, 0.1) is 17.7 Å². The Morgan fingerprint density at radius 3 is 2.31 bits per heavy atom. The number of halogens is 1. The molecule has 2 aliphatic rings. The second kappa shape index (κ2) is 9.48. The van der Waals surface area contributed by atoms with E-state index in [1.165, 1.54) is 23.5 Å². The Morgan fingerprint density at radius 1 is 1.00 bits per heavy atom. The average molecular weight is 517 g/mol. The first-order chi connectivity index (χ1) is 16.7. The fraction of sp³-hybridized carbons (Fsp3) is 0.440. The van der Waals surface area contributed by atoms with E-state index in [2.05, 4.69) is 23.7 Å². The molecule has 3 heterocycles. The molecule has 3 aromatic rings. The van der Waals surface area contributed by atoms with Crippen LogP contribution in [0.3, 0.4) is 0 Å². The van der Waals surface area contributed by atoms with Crippen molar-refractivity contribution < 1.29 is 17.6 Å². The van der Waals surface area contributed by atoms with E-state index < -0.39 is 10.0 Å². The van der Waals surface area contributed by atoms with Crippen molar-refractivity contribution in [2.45, 2.75) is 25.2 Å². The molecule has 1 aromatic heterocycles. The molecule has 2 saturated heterocycles. The Hall–Kier alpha value is -2.56. The smallest absolute Gasteiger partial charge is 0.253 e. The van der Waals surface area contributed by atoms with Gasteiger partial charge in [0.25, 0.3) is 5.91 Å². The molecule has 0 aliphatic carbocycles. The standard InChI is InChI=1S/C25H29FN4O3S2/c1-17-13-18(2)16-30(15-17)35(32,33)21-6-3-19(4-7-21)24(31)28-9-11-29(12-10-28)25-27-22-8-5-20(26)14-23(22)34-25/h3-8,14,17-18H,9-13,15-16H2,1-2H3. The van der Waals surface area contributed by atoms with Crippen molar-refractivity contribution in [3.63, 3.8) is 0 Å². The molecule has 0 bridgehead atoms. The van der Waals surface area contributed by atoms with Gasteiger partial charge < -0.3 is 9.80 Å². The first-order valence-corrected chi connectivity index (χ1v) is 14.2. The molecule has 2 aromatic carbocycles. The molecule has 0 radical (unpaired) electrons. The van der Waals surface area contributed by atoms with Gasteiger partial charge in [0.2, 0.25) is 10.0 Å². The van der Waals surface area contributed by atoms with Gasteiger partial charge in [0, 0.05) is 44.8 Å². The normalized spacial score (nSPS) is 22.0. The number of amides is 1. The van der Waals surface area contributed by atoms with Gasteiger partial charge in [-0.1, -0.05) is 25.2 Å². The van der Waals surface area contributed by atoms with E-state index >= 15 is 0 Å². The molecule has 1 amide bonds. The molecule has 0 spiro atoms. The molecule has 10 heteroatoms. The number of rotatable bonds is 4. The number of benzene rings is 2. The number of piperazine rings is 1. The largest absolute Gasteiger partial charge is 0.345 e. The molecule has 186 valence electrons. The zero-order valence-electron chi connectivity index (χ0n) is 19.9. The van der Waals surface area contributed by atoms with Gasteiger partial charge in [-0.05, 0) is 60.7 Å². The number of carbonyl (C=O) groups excluding carboxylic acids is 1. The van der Waals surface area contributed by atoms with Crippen LogP contribution in [0.5, 0.6) is 0 Å². The van der Waals surface area contributed by atoms with Crippen LogP contribution in [0.1, 0.15) is 30.6 Å². The second-order valence-corrected chi connectivity index (χ2v) is 12.6. The predicted octanol–water partition coefficient (Wildman–Crippen LogP) is 4.06. The van der Waals surface area contributed by atoms with E-state index in [4.69, 9.17) is 0 Å². The Labute approximate surface area is 209 Å². The van der Waals surface area contributed by atoms with Crippen LogP contribution in [-0.2, 0) is 10.0 Å². The van der Waals surface area contributed by atoms with E-state index in [1.54, 1.807) is 39.5 Å². The summed E-state index contributed by atoms with van der Waals surface area (Å²) in [5.74, 6) is 0.274. The third kappa shape index (κ3) is 4.92. The minimum absolute atomic E-state index is 0.111. The summed E-state index contributed by atoms with van der Waals surface area (Å²) in [7, 11) is -3.57. The number of fused-ring (bicyclic) bond motifs is 1. The number of hydrogen-bond acceptors (Lipinski definition) is 6. The summed E-state index contributed by atoms with van der Waals surface area (Å²) in [4.78, 5) is 21.8. The highest BCUT2D eigenvalue weighted by Gasteiger charge is 2.32.